The van der Waals surface area contributed by atoms with Crippen LogP contribution in [-0.2, 0) is 4.79 Å². The fourth-order valence-electron chi connectivity index (χ4n) is 2.06. The van der Waals surface area contributed by atoms with Gasteiger partial charge in [0.05, 0.1) is 5.54 Å². The number of carbonyl (C=O) groups is 1. The SMILES string of the molecule is CCC(C)CC1(CC)NCCNC1=O. The van der Waals surface area contributed by atoms with Crippen LogP contribution in [-0.4, -0.2) is 24.5 Å². The van der Waals surface area contributed by atoms with Crippen molar-refractivity contribution in [2.75, 3.05) is 13.1 Å². The number of hydrogen-bond donors (Lipinski definition) is 2. The van der Waals surface area contributed by atoms with Crippen LogP contribution in [0.15, 0.2) is 0 Å². The quantitative estimate of drug-likeness (QED) is 0.714. The zero-order valence-corrected chi connectivity index (χ0v) is 9.52. The van der Waals surface area contributed by atoms with E-state index in [0.717, 1.165) is 32.4 Å². The van der Waals surface area contributed by atoms with Crippen molar-refractivity contribution >= 4 is 5.91 Å². The van der Waals surface area contributed by atoms with Crippen molar-refractivity contribution in [3.8, 4) is 0 Å². The van der Waals surface area contributed by atoms with Gasteiger partial charge < -0.3 is 10.6 Å². The first-order valence-corrected chi connectivity index (χ1v) is 5.68. The molecule has 0 spiro atoms. The van der Waals surface area contributed by atoms with Crippen molar-refractivity contribution in [1.82, 2.24) is 10.6 Å². The number of piperazine rings is 1. The summed E-state index contributed by atoms with van der Waals surface area (Å²) in [5.74, 6) is 0.790. The zero-order valence-electron chi connectivity index (χ0n) is 9.52. The second-order valence-electron chi connectivity index (χ2n) is 4.34. The van der Waals surface area contributed by atoms with Crippen LogP contribution in [0.3, 0.4) is 0 Å². The molecule has 14 heavy (non-hydrogen) atoms. The molecule has 1 saturated heterocycles. The molecule has 1 fully saturated rings. The average molecular weight is 198 g/mol. The fourth-order valence-corrected chi connectivity index (χ4v) is 2.06. The Morgan fingerprint density at radius 2 is 2.14 bits per heavy atom. The number of hydrogen-bond acceptors (Lipinski definition) is 2. The maximum Gasteiger partial charge on any atom is 0.240 e. The van der Waals surface area contributed by atoms with Crippen molar-refractivity contribution in [3.63, 3.8) is 0 Å². The summed E-state index contributed by atoms with van der Waals surface area (Å²) in [4.78, 5) is 11.8. The summed E-state index contributed by atoms with van der Waals surface area (Å²) in [6.45, 7) is 8.13. The molecule has 0 aromatic rings. The highest BCUT2D eigenvalue weighted by Gasteiger charge is 2.38. The maximum absolute atomic E-state index is 11.8. The summed E-state index contributed by atoms with van der Waals surface area (Å²) in [7, 11) is 0. The standard InChI is InChI=1S/C11H22N2O/c1-4-9(3)8-11(5-2)10(14)12-6-7-13-11/h9,13H,4-8H2,1-3H3,(H,12,14). The minimum atomic E-state index is -0.298. The Labute approximate surface area is 86.6 Å². The van der Waals surface area contributed by atoms with E-state index in [1.54, 1.807) is 0 Å². The van der Waals surface area contributed by atoms with E-state index in [1.807, 2.05) is 0 Å². The summed E-state index contributed by atoms with van der Waals surface area (Å²) in [6.07, 6.45) is 2.96. The molecule has 1 amide bonds. The summed E-state index contributed by atoms with van der Waals surface area (Å²) in [6, 6.07) is 0. The molecule has 3 nitrogen and oxygen atoms in total. The first-order chi connectivity index (χ1) is 6.64. The Morgan fingerprint density at radius 1 is 1.43 bits per heavy atom. The van der Waals surface area contributed by atoms with E-state index in [9.17, 15) is 4.79 Å². The minimum absolute atomic E-state index is 0.187. The van der Waals surface area contributed by atoms with Gasteiger partial charge in [0.1, 0.15) is 0 Å². The van der Waals surface area contributed by atoms with Crippen LogP contribution in [0.4, 0.5) is 0 Å². The van der Waals surface area contributed by atoms with E-state index in [2.05, 4.69) is 31.4 Å². The molecule has 0 aromatic carbocycles. The summed E-state index contributed by atoms with van der Waals surface area (Å²) in [5, 5.41) is 6.34. The lowest BCUT2D eigenvalue weighted by molar-refractivity contribution is -0.130. The molecule has 0 radical (unpaired) electrons. The van der Waals surface area contributed by atoms with E-state index >= 15 is 0 Å². The normalized spacial score (nSPS) is 29.8. The molecule has 3 heteroatoms. The average Bonchev–Trinajstić information content (AvgIpc) is 2.21. The first-order valence-electron chi connectivity index (χ1n) is 5.68. The lowest BCUT2D eigenvalue weighted by atomic mass is 9.83. The van der Waals surface area contributed by atoms with E-state index < -0.39 is 0 Å². The van der Waals surface area contributed by atoms with Gasteiger partial charge in [-0.15, -0.1) is 0 Å². The molecule has 0 bridgehead atoms. The fraction of sp³-hybridized carbons (Fsp3) is 0.909. The van der Waals surface area contributed by atoms with Crippen molar-refractivity contribution in [2.24, 2.45) is 5.92 Å². The highest BCUT2D eigenvalue weighted by atomic mass is 16.2. The van der Waals surface area contributed by atoms with Gasteiger partial charge in [0, 0.05) is 13.1 Å². The molecule has 1 aliphatic rings. The summed E-state index contributed by atoms with van der Waals surface area (Å²) < 4.78 is 0. The second kappa shape index (κ2) is 4.78. The molecule has 1 aliphatic heterocycles. The molecule has 1 rings (SSSR count). The molecule has 0 saturated carbocycles. The number of amides is 1. The second-order valence-corrected chi connectivity index (χ2v) is 4.34. The molecule has 82 valence electrons. The van der Waals surface area contributed by atoms with Gasteiger partial charge in [0.2, 0.25) is 5.91 Å². The topological polar surface area (TPSA) is 41.1 Å². The van der Waals surface area contributed by atoms with E-state index in [1.165, 1.54) is 0 Å². The number of carbonyl (C=O) groups excluding carboxylic acids is 1. The Bertz CT molecular complexity index is 205. The van der Waals surface area contributed by atoms with Gasteiger partial charge in [-0.2, -0.15) is 0 Å². The van der Waals surface area contributed by atoms with Crippen molar-refractivity contribution in [3.05, 3.63) is 0 Å². The Morgan fingerprint density at radius 3 is 2.64 bits per heavy atom. The van der Waals surface area contributed by atoms with Crippen molar-refractivity contribution < 1.29 is 4.79 Å². The predicted octanol–water partition coefficient (Wildman–Crippen LogP) is 1.29. The van der Waals surface area contributed by atoms with Crippen LogP contribution >= 0.6 is 0 Å². The molecule has 0 aromatic heterocycles. The van der Waals surface area contributed by atoms with Gasteiger partial charge in [-0.05, 0) is 18.8 Å². The predicted molar refractivity (Wildman–Crippen MR) is 58.1 cm³/mol. The van der Waals surface area contributed by atoms with Gasteiger partial charge in [0.15, 0.2) is 0 Å². The van der Waals surface area contributed by atoms with E-state index in [4.69, 9.17) is 0 Å². The third-order valence-electron chi connectivity index (χ3n) is 3.31. The highest BCUT2D eigenvalue weighted by Crippen LogP contribution is 2.24. The monoisotopic (exact) mass is 198 g/mol. The van der Waals surface area contributed by atoms with Crippen molar-refractivity contribution in [1.29, 1.82) is 0 Å². The molecular formula is C11H22N2O. The van der Waals surface area contributed by atoms with Gasteiger partial charge in [-0.3, -0.25) is 4.79 Å². The van der Waals surface area contributed by atoms with Crippen LogP contribution in [0, 0.1) is 5.92 Å². The molecule has 2 N–H and O–H groups in total. The molecule has 2 unspecified atom stereocenters. The Hall–Kier alpha value is -0.570. The molecule has 0 aliphatic carbocycles. The van der Waals surface area contributed by atoms with E-state index in [-0.39, 0.29) is 11.4 Å². The van der Waals surface area contributed by atoms with Gasteiger partial charge >= 0.3 is 0 Å². The lowest BCUT2D eigenvalue weighted by Crippen LogP contribution is -2.63. The van der Waals surface area contributed by atoms with Crippen LogP contribution in [0.5, 0.6) is 0 Å². The molecular weight excluding hydrogens is 176 g/mol. The number of rotatable bonds is 4. The molecule has 2 atom stereocenters. The third kappa shape index (κ3) is 2.27. The third-order valence-corrected chi connectivity index (χ3v) is 3.31. The minimum Gasteiger partial charge on any atom is -0.353 e. The van der Waals surface area contributed by atoms with Crippen LogP contribution in [0.25, 0.3) is 0 Å². The molecule has 1 heterocycles. The largest absolute Gasteiger partial charge is 0.353 e. The smallest absolute Gasteiger partial charge is 0.240 e. The number of nitrogens with one attached hydrogen (secondary N) is 2. The van der Waals surface area contributed by atoms with Gasteiger partial charge in [0.25, 0.3) is 0 Å². The first kappa shape index (κ1) is 11.5. The van der Waals surface area contributed by atoms with Crippen LogP contribution < -0.4 is 10.6 Å². The van der Waals surface area contributed by atoms with Gasteiger partial charge in [-0.25, -0.2) is 0 Å². The van der Waals surface area contributed by atoms with Crippen molar-refractivity contribution in [2.45, 2.75) is 45.6 Å². The van der Waals surface area contributed by atoms with Crippen LogP contribution in [0.1, 0.15) is 40.0 Å². The zero-order chi connectivity index (χ0) is 10.6. The highest BCUT2D eigenvalue weighted by molar-refractivity contribution is 5.87. The van der Waals surface area contributed by atoms with Crippen LogP contribution in [0.2, 0.25) is 0 Å². The maximum atomic E-state index is 11.8. The lowest BCUT2D eigenvalue weighted by Gasteiger charge is -2.38. The van der Waals surface area contributed by atoms with E-state index in [0.29, 0.717) is 5.92 Å². The summed E-state index contributed by atoms with van der Waals surface area (Å²) >= 11 is 0. The Balaban J connectivity index is 2.67. The van der Waals surface area contributed by atoms with Gasteiger partial charge in [-0.1, -0.05) is 27.2 Å². The summed E-state index contributed by atoms with van der Waals surface area (Å²) in [5.41, 5.74) is -0.298. The Kier molecular flexibility index (Phi) is 3.93.